The molecular weight excluding hydrogens is 209 g/mol. The van der Waals surface area contributed by atoms with Crippen molar-refractivity contribution in [2.24, 2.45) is 0 Å². The standard InChI is InChI=1S/C3H7O6P.2Na/c4-1-3(5)2-9-10(6,7)8;;/h4H,1-2H2,(H2,6,7,8);;/q;2*+1/p-2. The molecule has 60 valence electrons. The number of aliphatic hydroxyl groups is 1. The number of carbonyl (C=O) groups is 1. The Hall–Kier alpha value is 1.74. The van der Waals surface area contributed by atoms with Crippen molar-refractivity contribution in [1.29, 1.82) is 0 Å². The van der Waals surface area contributed by atoms with Gasteiger partial charge in [0, 0.05) is 0 Å². The van der Waals surface area contributed by atoms with Crippen LogP contribution < -0.4 is 68.9 Å². The van der Waals surface area contributed by atoms with Gasteiger partial charge >= 0.3 is 59.1 Å². The summed E-state index contributed by atoms with van der Waals surface area (Å²) < 4.78 is 13.2. The van der Waals surface area contributed by atoms with E-state index in [2.05, 4.69) is 4.52 Å². The van der Waals surface area contributed by atoms with E-state index < -0.39 is 26.8 Å². The molecular formula is C3H5Na2O6P. The molecule has 1 N–H and O–H groups in total. The number of Topliss-reactive ketones (excluding diaryl/α,β-unsaturated/α-hetero) is 1. The summed E-state index contributed by atoms with van der Waals surface area (Å²) in [4.78, 5) is 29.4. The number of phosphoric ester groups is 1. The second-order valence-electron chi connectivity index (χ2n) is 1.42. The molecule has 0 saturated heterocycles. The van der Waals surface area contributed by atoms with E-state index >= 15 is 0 Å². The summed E-state index contributed by atoms with van der Waals surface area (Å²) in [5.41, 5.74) is 0. The minimum Gasteiger partial charge on any atom is -0.790 e. The molecule has 0 amide bonds. The Bertz CT molecular complexity index is 166. The van der Waals surface area contributed by atoms with Gasteiger partial charge in [0.25, 0.3) is 0 Å². The van der Waals surface area contributed by atoms with Crippen molar-refractivity contribution in [3.8, 4) is 0 Å². The van der Waals surface area contributed by atoms with Gasteiger partial charge in [-0.3, -0.25) is 4.79 Å². The van der Waals surface area contributed by atoms with Gasteiger partial charge in [-0.05, 0) is 0 Å². The van der Waals surface area contributed by atoms with Gasteiger partial charge in [0.05, 0.1) is 7.82 Å². The minimum atomic E-state index is -5.06. The van der Waals surface area contributed by atoms with Crippen molar-refractivity contribution in [2.45, 2.75) is 0 Å². The number of rotatable bonds is 4. The first-order chi connectivity index (χ1) is 4.45. The summed E-state index contributed by atoms with van der Waals surface area (Å²) >= 11 is 0. The quantitative estimate of drug-likeness (QED) is 0.367. The molecule has 0 fully saturated rings. The van der Waals surface area contributed by atoms with Crippen LogP contribution in [0.25, 0.3) is 0 Å². The van der Waals surface area contributed by atoms with Crippen LogP contribution >= 0.6 is 7.82 Å². The van der Waals surface area contributed by atoms with E-state index in [0.717, 1.165) is 0 Å². The Morgan fingerprint density at radius 2 is 1.83 bits per heavy atom. The van der Waals surface area contributed by atoms with Crippen LogP contribution in [-0.2, 0) is 13.9 Å². The average molecular weight is 214 g/mol. The maximum Gasteiger partial charge on any atom is 1.00 e. The smallest absolute Gasteiger partial charge is 0.790 e. The SMILES string of the molecule is O=C(CO)COP(=O)([O-])[O-].[Na+].[Na+]. The fourth-order valence-corrected chi connectivity index (χ4v) is 0.499. The fourth-order valence-electron chi connectivity index (χ4n) is 0.197. The minimum absolute atomic E-state index is 0. The van der Waals surface area contributed by atoms with Gasteiger partial charge < -0.3 is 24.0 Å². The van der Waals surface area contributed by atoms with Crippen LogP contribution in [0, 0.1) is 0 Å². The Kier molecular flexibility index (Phi) is 15.0. The van der Waals surface area contributed by atoms with Gasteiger partial charge in [-0.25, -0.2) is 0 Å². The second kappa shape index (κ2) is 9.30. The number of hydrogen-bond acceptors (Lipinski definition) is 6. The van der Waals surface area contributed by atoms with E-state index in [-0.39, 0.29) is 59.1 Å². The third-order valence-electron chi connectivity index (χ3n) is 0.560. The molecule has 0 unspecified atom stereocenters. The molecule has 0 aliphatic heterocycles. The zero-order valence-corrected chi connectivity index (χ0v) is 11.7. The summed E-state index contributed by atoms with van der Waals surface area (Å²) in [5, 5.41) is 8.01. The van der Waals surface area contributed by atoms with Gasteiger partial charge in [-0.15, -0.1) is 0 Å². The van der Waals surface area contributed by atoms with Crippen molar-refractivity contribution in [1.82, 2.24) is 0 Å². The molecule has 0 aliphatic carbocycles. The summed E-state index contributed by atoms with van der Waals surface area (Å²) in [6, 6.07) is 0. The molecule has 0 rings (SSSR count). The molecule has 12 heavy (non-hydrogen) atoms. The number of hydrogen-bond donors (Lipinski definition) is 1. The zero-order chi connectivity index (χ0) is 8.20. The van der Waals surface area contributed by atoms with Crippen LogP contribution in [0.2, 0.25) is 0 Å². The molecule has 0 spiro atoms. The molecule has 0 radical (unpaired) electrons. The third kappa shape index (κ3) is 14.3. The van der Waals surface area contributed by atoms with E-state index in [1.165, 1.54) is 0 Å². The van der Waals surface area contributed by atoms with Crippen molar-refractivity contribution in [2.75, 3.05) is 13.2 Å². The van der Waals surface area contributed by atoms with Gasteiger partial charge in [-0.2, -0.15) is 0 Å². The third-order valence-corrected chi connectivity index (χ3v) is 1.01. The molecule has 0 bridgehead atoms. The molecule has 0 heterocycles. The van der Waals surface area contributed by atoms with Crippen LogP contribution in [0.5, 0.6) is 0 Å². The molecule has 0 aromatic heterocycles. The van der Waals surface area contributed by atoms with Crippen molar-refractivity contribution in [3.05, 3.63) is 0 Å². The summed E-state index contributed by atoms with van der Waals surface area (Å²) in [7, 11) is -5.06. The predicted molar refractivity (Wildman–Crippen MR) is 25.7 cm³/mol. The fraction of sp³-hybridized carbons (Fsp3) is 0.667. The van der Waals surface area contributed by atoms with Crippen molar-refractivity contribution < 1.29 is 87.9 Å². The number of ketones is 1. The first-order valence-electron chi connectivity index (χ1n) is 2.25. The first kappa shape index (κ1) is 19.3. The number of phosphoric acid groups is 1. The molecule has 0 aromatic rings. The molecule has 0 atom stereocenters. The average Bonchev–Trinajstić information content (AvgIpc) is 1.81. The van der Waals surface area contributed by atoms with Crippen molar-refractivity contribution in [3.63, 3.8) is 0 Å². The molecule has 0 saturated carbocycles. The first-order valence-corrected chi connectivity index (χ1v) is 3.71. The van der Waals surface area contributed by atoms with E-state index in [1.807, 2.05) is 0 Å². The van der Waals surface area contributed by atoms with Crippen LogP contribution in [0.15, 0.2) is 0 Å². The monoisotopic (exact) mass is 214 g/mol. The van der Waals surface area contributed by atoms with Crippen LogP contribution in [-0.4, -0.2) is 24.1 Å². The zero-order valence-electron chi connectivity index (χ0n) is 6.85. The van der Waals surface area contributed by atoms with E-state index in [4.69, 9.17) is 5.11 Å². The normalized spacial score (nSPS) is 9.58. The van der Waals surface area contributed by atoms with Gasteiger partial charge in [0.15, 0.2) is 5.78 Å². The summed E-state index contributed by atoms with van der Waals surface area (Å²) in [5.74, 6) is -0.855. The molecule has 9 heteroatoms. The number of carbonyl (C=O) groups excluding carboxylic acids is 1. The molecule has 0 aromatic carbocycles. The topological polar surface area (TPSA) is 110 Å². The van der Waals surface area contributed by atoms with E-state index in [9.17, 15) is 19.1 Å². The number of aliphatic hydroxyl groups excluding tert-OH is 1. The van der Waals surface area contributed by atoms with Gasteiger partial charge in [-0.1, -0.05) is 0 Å². The maximum atomic E-state index is 10.1. The Morgan fingerprint density at radius 3 is 2.08 bits per heavy atom. The second-order valence-corrected chi connectivity index (χ2v) is 2.57. The maximum absolute atomic E-state index is 10.1. The largest absolute Gasteiger partial charge is 1.00 e. The van der Waals surface area contributed by atoms with E-state index in [1.54, 1.807) is 0 Å². The summed E-state index contributed by atoms with van der Waals surface area (Å²) in [6.07, 6.45) is 0. The Balaban J connectivity index is -0.000000405. The predicted octanol–water partition coefficient (Wildman–Crippen LogP) is -8.60. The van der Waals surface area contributed by atoms with Crippen molar-refractivity contribution >= 4 is 13.6 Å². The Morgan fingerprint density at radius 1 is 1.42 bits per heavy atom. The van der Waals surface area contributed by atoms with Gasteiger partial charge in [0.1, 0.15) is 13.2 Å². The van der Waals surface area contributed by atoms with Crippen LogP contribution in [0.3, 0.4) is 0 Å². The molecule has 6 nitrogen and oxygen atoms in total. The Labute approximate surface area is 114 Å². The van der Waals surface area contributed by atoms with Crippen LogP contribution in [0.1, 0.15) is 0 Å². The van der Waals surface area contributed by atoms with Gasteiger partial charge in [0.2, 0.25) is 0 Å². The molecule has 0 aliphatic rings. The summed E-state index contributed by atoms with van der Waals surface area (Å²) in [6.45, 7) is -1.72. The van der Waals surface area contributed by atoms with E-state index in [0.29, 0.717) is 0 Å². The van der Waals surface area contributed by atoms with Crippen LogP contribution in [0.4, 0.5) is 0 Å².